The summed E-state index contributed by atoms with van der Waals surface area (Å²) >= 11 is 0. The van der Waals surface area contributed by atoms with Gasteiger partial charge < -0.3 is 15.4 Å². The fourth-order valence-corrected chi connectivity index (χ4v) is 4.54. The molecule has 2 aromatic heterocycles. The van der Waals surface area contributed by atoms with E-state index in [0.717, 1.165) is 37.0 Å². The summed E-state index contributed by atoms with van der Waals surface area (Å²) in [4.78, 5) is 22.0. The van der Waals surface area contributed by atoms with Crippen LogP contribution in [0.5, 0.6) is 11.6 Å². The number of hydrogen-bond acceptors (Lipinski definition) is 5. The Balaban J connectivity index is 0.00000304. The molecule has 0 radical (unpaired) electrons. The Bertz CT molecular complexity index is 1340. The fourth-order valence-electron chi connectivity index (χ4n) is 4.54. The molecule has 2 aromatic carbocycles. The van der Waals surface area contributed by atoms with Gasteiger partial charge in [-0.15, -0.1) is 12.4 Å². The van der Waals surface area contributed by atoms with Crippen LogP contribution in [0.2, 0.25) is 0 Å². The summed E-state index contributed by atoms with van der Waals surface area (Å²) in [5, 5.41) is 7.87. The van der Waals surface area contributed by atoms with E-state index in [1.165, 1.54) is 35.2 Å². The molecule has 1 saturated carbocycles. The normalized spacial score (nSPS) is 17.2. The van der Waals surface area contributed by atoms with Crippen LogP contribution in [0.15, 0.2) is 72.9 Å². The van der Waals surface area contributed by atoms with Crippen molar-refractivity contribution in [2.24, 2.45) is 0 Å². The number of pyridine rings is 2. The van der Waals surface area contributed by atoms with Crippen LogP contribution in [-0.2, 0) is 0 Å². The lowest BCUT2D eigenvalue weighted by Crippen LogP contribution is -2.40. The molecule has 0 saturated heterocycles. The second-order valence-corrected chi connectivity index (χ2v) is 8.92. The Labute approximate surface area is 215 Å². The molecule has 1 aliphatic carbocycles. The van der Waals surface area contributed by atoms with E-state index in [4.69, 9.17) is 9.72 Å². The summed E-state index contributed by atoms with van der Waals surface area (Å²) in [6.07, 6.45) is 5.17. The van der Waals surface area contributed by atoms with Gasteiger partial charge >= 0.3 is 0 Å². The summed E-state index contributed by atoms with van der Waals surface area (Å²) < 4.78 is 18.9. The molecule has 36 heavy (non-hydrogen) atoms. The van der Waals surface area contributed by atoms with Crippen molar-refractivity contribution >= 4 is 35.0 Å². The number of nitrogens with one attached hydrogen (secondary N) is 2. The predicted molar refractivity (Wildman–Crippen MR) is 142 cm³/mol. The number of fused-ring (bicyclic) bond motifs is 1. The van der Waals surface area contributed by atoms with E-state index >= 15 is 0 Å². The summed E-state index contributed by atoms with van der Waals surface area (Å²) in [6.45, 7) is 2.11. The Morgan fingerprint density at radius 3 is 2.47 bits per heavy atom. The highest BCUT2D eigenvalue weighted by Gasteiger charge is 2.24. The van der Waals surface area contributed by atoms with Crippen LogP contribution in [-0.4, -0.2) is 28.0 Å². The lowest BCUT2D eigenvalue weighted by atomic mass is 9.91. The number of ether oxygens (including phenoxy) is 1. The lowest BCUT2D eigenvalue weighted by molar-refractivity contribution is 0.0923. The third kappa shape index (κ3) is 5.91. The molecule has 0 unspecified atom stereocenters. The number of nitrogens with zero attached hydrogens (tertiary/aromatic N) is 2. The molecule has 1 aliphatic rings. The van der Waals surface area contributed by atoms with Crippen LogP contribution in [0, 0.1) is 12.7 Å². The molecule has 5 rings (SSSR count). The highest BCUT2D eigenvalue weighted by molar-refractivity contribution is 5.96. The van der Waals surface area contributed by atoms with Crippen molar-refractivity contribution in [1.82, 2.24) is 15.3 Å². The third-order valence-corrected chi connectivity index (χ3v) is 6.38. The Morgan fingerprint density at radius 1 is 0.972 bits per heavy atom. The van der Waals surface area contributed by atoms with Gasteiger partial charge in [-0.05, 0) is 86.7 Å². The van der Waals surface area contributed by atoms with Gasteiger partial charge in [0.15, 0.2) is 0 Å². The molecule has 8 heteroatoms. The Kier molecular flexibility index (Phi) is 8.00. The van der Waals surface area contributed by atoms with Gasteiger partial charge in [0.2, 0.25) is 5.88 Å². The molecule has 2 heterocycles. The number of carbonyl (C=O) groups is 1. The van der Waals surface area contributed by atoms with Gasteiger partial charge in [-0.3, -0.25) is 4.79 Å². The molecule has 0 atom stereocenters. The van der Waals surface area contributed by atoms with E-state index in [2.05, 4.69) is 34.7 Å². The summed E-state index contributed by atoms with van der Waals surface area (Å²) in [6, 6.07) is 19.7. The number of anilines is 1. The standard InChI is InChI=1S/C28H27FN4O2.ClH/c1-18-17-26(33-25-7-3-2-5-23(18)25)31-20-10-12-21(13-11-20)32-27(34)24-6-4-16-30-28(24)35-22-14-8-19(29)9-15-22;/h2-9,14-17,20-21H,10-13H2,1H3,(H,31,33)(H,32,34);1H/t20-,21+;. The zero-order chi connectivity index (χ0) is 24.2. The lowest BCUT2D eigenvalue weighted by Gasteiger charge is -2.30. The number of benzene rings is 2. The molecular formula is C28H28ClFN4O2. The zero-order valence-electron chi connectivity index (χ0n) is 19.9. The summed E-state index contributed by atoms with van der Waals surface area (Å²) in [7, 11) is 0. The number of aryl methyl sites for hydroxylation is 1. The van der Waals surface area contributed by atoms with E-state index in [1.807, 2.05) is 18.2 Å². The van der Waals surface area contributed by atoms with Crippen LogP contribution in [0.1, 0.15) is 41.6 Å². The van der Waals surface area contributed by atoms with Gasteiger partial charge in [0.1, 0.15) is 22.9 Å². The fraction of sp³-hybridized carbons (Fsp3) is 0.250. The van der Waals surface area contributed by atoms with Gasteiger partial charge in [0.25, 0.3) is 5.91 Å². The minimum atomic E-state index is -0.354. The van der Waals surface area contributed by atoms with Crippen molar-refractivity contribution < 1.29 is 13.9 Å². The Morgan fingerprint density at radius 2 is 1.69 bits per heavy atom. The molecule has 186 valence electrons. The van der Waals surface area contributed by atoms with Gasteiger partial charge in [-0.2, -0.15) is 0 Å². The predicted octanol–water partition coefficient (Wildman–Crippen LogP) is 6.44. The molecular weight excluding hydrogens is 479 g/mol. The maximum Gasteiger partial charge on any atom is 0.257 e. The molecule has 1 amide bonds. The number of carbonyl (C=O) groups excluding carboxylic acids is 1. The largest absolute Gasteiger partial charge is 0.438 e. The average Bonchev–Trinajstić information content (AvgIpc) is 2.87. The van der Waals surface area contributed by atoms with Gasteiger partial charge in [-0.1, -0.05) is 18.2 Å². The van der Waals surface area contributed by atoms with E-state index in [1.54, 1.807) is 18.3 Å². The van der Waals surface area contributed by atoms with E-state index < -0.39 is 0 Å². The first-order valence-corrected chi connectivity index (χ1v) is 11.9. The summed E-state index contributed by atoms with van der Waals surface area (Å²) in [5.74, 6) is 0.936. The van der Waals surface area contributed by atoms with Gasteiger partial charge in [-0.25, -0.2) is 14.4 Å². The van der Waals surface area contributed by atoms with Crippen LogP contribution >= 0.6 is 12.4 Å². The quantitative estimate of drug-likeness (QED) is 0.314. The van der Waals surface area contributed by atoms with Crippen LogP contribution in [0.3, 0.4) is 0 Å². The average molecular weight is 507 g/mol. The minimum absolute atomic E-state index is 0. The topological polar surface area (TPSA) is 76.1 Å². The molecule has 2 N–H and O–H groups in total. The highest BCUT2D eigenvalue weighted by Crippen LogP contribution is 2.26. The van der Waals surface area contributed by atoms with E-state index in [0.29, 0.717) is 17.4 Å². The zero-order valence-corrected chi connectivity index (χ0v) is 20.7. The van der Waals surface area contributed by atoms with E-state index in [9.17, 15) is 9.18 Å². The van der Waals surface area contributed by atoms with Crippen LogP contribution < -0.4 is 15.4 Å². The van der Waals surface area contributed by atoms with Crippen molar-refractivity contribution in [1.29, 1.82) is 0 Å². The minimum Gasteiger partial charge on any atom is -0.438 e. The van der Waals surface area contributed by atoms with Crippen molar-refractivity contribution in [2.75, 3.05) is 5.32 Å². The number of hydrogen-bond donors (Lipinski definition) is 2. The summed E-state index contributed by atoms with van der Waals surface area (Å²) in [5.41, 5.74) is 2.55. The van der Waals surface area contributed by atoms with Crippen molar-refractivity contribution in [3.8, 4) is 11.6 Å². The number of rotatable bonds is 6. The van der Waals surface area contributed by atoms with Crippen molar-refractivity contribution in [2.45, 2.75) is 44.7 Å². The van der Waals surface area contributed by atoms with Crippen molar-refractivity contribution in [3.63, 3.8) is 0 Å². The first-order chi connectivity index (χ1) is 17.0. The third-order valence-electron chi connectivity index (χ3n) is 6.38. The van der Waals surface area contributed by atoms with Crippen molar-refractivity contribution in [3.05, 3.63) is 89.9 Å². The number of para-hydroxylation sites is 1. The molecule has 0 bridgehead atoms. The first-order valence-electron chi connectivity index (χ1n) is 11.9. The van der Waals surface area contributed by atoms with Gasteiger partial charge in [0.05, 0.1) is 5.52 Å². The molecule has 4 aromatic rings. The Hall–Kier alpha value is -3.71. The highest BCUT2D eigenvalue weighted by atomic mass is 35.5. The smallest absolute Gasteiger partial charge is 0.257 e. The second kappa shape index (κ2) is 11.4. The van der Waals surface area contributed by atoms with E-state index in [-0.39, 0.29) is 36.1 Å². The first kappa shape index (κ1) is 25.4. The molecule has 0 spiro atoms. The maximum absolute atomic E-state index is 13.2. The number of aromatic nitrogens is 2. The molecule has 1 fully saturated rings. The monoisotopic (exact) mass is 506 g/mol. The molecule has 6 nitrogen and oxygen atoms in total. The maximum atomic E-state index is 13.2. The number of amides is 1. The van der Waals surface area contributed by atoms with Gasteiger partial charge in [0, 0.05) is 23.7 Å². The van der Waals surface area contributed by atoms with Crippen LogP contribution in [0.4, 0.5) is 10.2 Å². The van der Waals surface area contributed by atoms with Crippen LogP contribution in [0.25, 0.3) is 10.9 Å². The second-order valence-electron chi connectivity index (χ2n) is 8.92. The SMILES string of the molecule is Cc1cc(N[C@H]2CC[C@@H](NC(=O)c3cccnc3Oc3ccc(F)cc3)CC2)nc2ccccc12.Cl. The molecule has 0 aliphatic heterocycles. The number of halogens is 2.